The van der Waals surface area contributed by atoms with E-state index in [9.17, 15) is 4.79 Å². The van der Waals surface area contributed by atoms with Crippen LogP contribution in [0, 0.1) is 25.2 Å². The Labute approximate surface area is 152 Å². The lowest BCUT2D eigenvalue weighted by atomic mass is 10.0. The highest BCUT2D eigenvalue weighted by Crippen LogP contribution is 2.36. The number of fused-ring (bicyclic) bond motifs is 1. The van der Waals surface area contributed by atoms with Crippen molar-refractivity contribution in [2.45, 2.75) is 33.2 Å². The highest BCUT2D eigenvalue weighted by molar-refractivity contribution is 9.10. The van der Waals surface area contributed by atoms with Crippen molar-refractivity contribution in [3.05, 3.63) is 49.8 Å². The molecule has 0 unspecified atom stereocenters. The van der Waals surface area contributed by atoms with E-state index in [1.807, 2.05) is 31.4 Å². The van der Waals surface area contributed by atoms with Crippen molar-refractivity contribution in [1.82, 2.24) is 9.55 Å². The van der Waals surface area contributed by atoms with E-state index in [0.717, 1.165) is 26.0 Å². The fourth-order valence-corrected chi connectivity index (χ4v) is 4.18. The van der Waals surface area contributed by atoms with Gasteiger partial charge in [0, 0.05) is 28.4 Å². The van der Waals surface area contributed by atoms with E-state index in [1.54, 1.807) is 4.57 Å². The number of unbranched alkanes of at least 4 members (excludes halogenated alkanes) is 1. The standard InChI is InChI=1S/C18H16BrN3OS/c1-11-5-6-15(19)13(9-11)14-10-24-17-16(14)18(23)22(12(2)21-17)8-4-3-7-20/h5-6,9-10H,3-4,8H2,1-2H3. The highest BCUT2D eigenvalue weighted by atomic mass is 79.9. The maximum absolute atomic E-state index is 13.0. The van der Waals surface area contributed by atoms with Gasteiger partial charge in [-0.3, -0.25) is 9.36 Å². The molecular weight excluding hydrogens is 386 g/mol. The van der Waals surface area contributed by atoms with Gasteiger partial charge in [0.15, 0.2) is 0 Å². The van der Waals surface area contributed by atoms with Crippen LogP contribution < -0.4 is 5.56 Å². The van der Waals surface area contributed by atoms with Gasteiger partial charge in [-0.2, -0.15) is 5.26 Å². The number of aromatic nitrogens is 2. The summed E-state index contributed by atoms with van der Waals surface area (Å²) in [5, 5.41) is 11.4. The number of rotatable bonds is 4. The molecule has 0 aliphatic heterocycles. The molecule has 122 valence electrons. The number of hydrogen-bond donors (Lipinski definition) is 0. The number of thiophene rings is 1. The quantitative estimate of drug-likeness (QED) is 0.589. The zero-order valence-electron chi connectivity index (χ0n) is 13.5. The number of hydrogen-bond acceptors (Lipinski definition) is 4. The number of benzene rings is 1. The van der Waals surface area contributed by atoms with Crippen LogP contribution in [0.3, 0.4) is 0 Å². The van der Waals surface area contributed by atoms with Gasteiger partial charge in [0.25, 0.3) is 5.56 Å². The molecule has 0 radical (unpaired) electrons. The number of halogens is 1. The zero-order chi connectivity index (χ0) is 17.3. The van der Waals surface area contributed by atoms with Gasteiger partial charge in [0.05, 0.1) is 11.5 Å². The minimum Gasteiger partial charge on any atom is -0.296 e. The Kier molecular flexibility index (Phi) is 4.83. The molecule has 2 aromatic heterocycles. The molecule has 0 bridgehead atoms. The third-order valence-corrected chi connectivity index (χ3v) is 5.53. The Bertz CT molecular complexity index is 1010. The summed E-state index contributed by atoms with van der Waals surface area (Å²) >= 11 is 5.08. The van der Waals surface area contributed by atoms with Crippen LogP contribution in [-0.4, -0.2) is 9.55 Å². The SMILES string of the molecule is Cc1ccc(Br)c(-c2csc3nc(C)n(CCCC#N)c(=O)c23)c1. The lowest BCUT2D eigenvalue weighted by molar-refractivity contribution is 0.607. The van der Waals surface area contributed by atoms with Crippen LogP contribution in [0.15, 0.2) is 32.8 Å². The minimum atomic E-state index is -0.0277. The van der Waals surface area contributed by atoms with Crippen molar-refractivity contribution in [2.24, 2.45) is 0 Å². The molecule has 3 rings (SSSR count). The van der Waals surface area contributed by atoms with E-state index >= 15 is 0 Å². The topological polar surface area (TPSA) is 58.7 Å². The van der Waals surface area contributed by atoms with Crippen molar-refractivity contribution in [2.75, 3.05) is 0 Å². The van der Waals surface area contributed by atoms with E-state index in [4.69, 9.17) is 5.26 Å². The third kappa shape index (κ3) is 3.02. The third-order valence-electron chi connectivity index (χ3n) is 3.97. The van der Waals surface area contributed by atoms with Gasteiger partial charge in [-0.1, -0.05) is 33.6 Å². The summed E-state index contributed by atoms with van der Waals surface area (Å²) in [7, 11) is 0. The van der Waals surface area contributed by atoms with Gasteiger partial charge in [-0.15, -0.1) is 11.3 Å². The van der Waals surface area contributed by atoms with Crippen LogP contribution in [0.25, 0.3) is 21.3 Å². The molecule has 0 aliphatic rings. The molecule has 3 aromatic rings. The summed E-state index contributed by atoms with van der Waals surface area (Å²) in [5.74, 6) is 0.696. The normalized spacial score (nSPS) is 10.9. The Balaban J connectivity index is 2.21. The van der Waals surface area contributed by atoms with Crippen molar-refractivity contribution in [3.63, 3.8) is 0 Å². The number of aryl methyl sites for hydroxylation is 2. The molecular formula is C18H16BrN3OS. The van der Waals surface area contributed by atoms with Gasteiger partial charge in [-0.05, 0) is 31.9 Å². The summed E-state index contributed by atoms with van der Waals surface area (Å²) in [4.78, 5) is 18.4. The van der Waals surface area contributed by atoms with Crippen molar-refractivity contribution < 1.29 is 0 Å². The molecule has 0 atom stereocenters. The van der Waals surface area contributed by atoms with Crippen molar-refractivity contribution in [3.8, 4) is 17.2 Å². The molecule has 4 nitrogen and oxygen atoms in total. The highest BCUT2D eigenvalue weighted by Gasteiger charge is 2.17. The molecule has 6 heteroatoms. The average molecular weight is 402 g/mol. The van der Waals surface area contributed by atoms with Crippen LogP contribution in [0.5, 0.6) is 0 Å². The Morgan fingerprint density at radius 1 is 1.33 bits per heavy atom. The zero-order valence-corrected chi connectivity index (χ0v) is 15.9. The second kappa shape index (κ2) is 6.88. The van der Waals surface area contributed by atoms with Crippen molar-refractivity contribution in [1.29, 1.82) is 5.26 Å². The van der Waals surface area contributed by atoms with Gasteiger partial charge in [0.2, 0.25) is 0 Å². The molecule has 0 spiro atoms. The van der Waals surface area contributed by atoms with Gasteiger partial charge in [0.1, 0.15) is 10.7 Å². The number of nitrogens with zero attached hydrogens (tertiary/aromatic N) is 3. The predicted octanol–water partition coefficient (Wildman–Crippen LogP) is 4.81. The second-order valence-electron chi connectivity index (χ2n) is 5.69. The summed E-state index contributed by atoms with van der Waals surface area (Å²) in [6, 6.07) is 8.23. The largest absolute Gasteiger partial charge is 0.296 e. The summed E-state index contributed by atoms with van der Waals surface area (Å²) in [6.45, 7) is 4.40. The molecule has 0 aliphatic carbocycles. The summed E-state index contributed by atoms with van der Waals surface area (Å²) in [6.07, 6.45) is 1.09. The predicted molar refractivity (Wildman–Crippen MR) is 101 cm³/mol. The fourth-order valence-electron chi connectivity index (χ4n) is 2.75. The van der Waals surface area contributed by atoms with Gasteiger partial charge < -0.3 is 0 Å². The molecule has 24 heavy (non-hydrogen) atoms. The van der Waals surface area contributed by atoms with Crippen molar-refractivity contribution >= 4 is 37.5 Å². The molecule has 1 aromatic carbocycles. The summed E-state index contributed by atoms with van der Waals surface area (Å²) < 4.78 is 2.64. The maximum Gasteiger partial charge on any atom is 0.262 e. The van der Waals surface area contributed by atoms with Gasteiger partial charge >= 0.3 is 0 Å². The molecule has 0 amide bonds. The lowest BCUT2D eigenvalue weighted by Crippen LogP contribution is -2.23. The van der Waals surface area contributed by atoms with E-state index in [0.29, 0.717) is 30.6 Å². The minimum absolute atomic E-state index is 0.0277. The summed E-state index contributed by atoms with van der Waals surface area (Å²) in [5.41, 5.74) is 3.03. The van der Waals surface area contributed by atoms with E-state index in [1.165, 1.54) is 11.3 Å². The van der Waals surface area contributed by atoms with E-state index in [2.05, 4.69) is 33.0 Å². The van der Waals surface area contributed by atoms with Crippen LogP contribution in [0.4, 0.5) is 0 Å². The fraction of sp³-hybridized carbons (Fsp3) is 0.278. The lowest BCUT2D eigenvalue weighted by Gasteiger charge is -2.10. The molecule has 0 saturated carbocycles. The first-order valence-corrected chi connectivity index (χ1v) is 9.32. The number of nitriles is 1. The Morgan fingerprint density at radius 3 is 2.88 bits per heavy atom. The average Bonchev–Trinajstić information content (AvgIpc) is 2.96. The molecule has 2 heterocycles. The smallest absolute Gasteiger partial charge is 0.262 e. The van der Waals surface area contributed by atoms with Crippen LogP contribution in [0.1, 0.15) is 24.2 Å². The second-order valence-corrected chi connectivity index (χ2v) is 7.40. The van der Waals surface area contributed by atoms with Crippen LogP contribution in [0.2, 0.25) is 0 Å². The Morgan fingerprint density at radius 2 is 2.12 bits per heavy atom. The maximum atomic E-state index is 13.0. The first-order chi connectivity index (χ1) is 11.5. The molecule has 0 saturated heterocycles. The monoisotopic (exact) mass is 401 g/mol. The first-order valence-electron chi connectivity index (χ1n) is 7.65. The van der Waals surface area contributed by atoms with E-state index < -0.39 is 0 Å². The molecule has 0 N–H and O–H groups in total. The van der Waals surface area contributed by atoms with Crippen LogP contribution in [-0.2, 0) is 6.54 Å². The first kappa shape index (κ1) is 16.9. The van der Waals surface area contributed by atoms with Gasteiger partial charge in [-0.25, -0.2) is 4.98 Å². The van der Waals surface area contributed by atoms with Crippen LogP contribution >= 0.6 is 27.3 Å². The molecule has 0 fully saturated rings. The van der Waals surface area contributed by atoms with E-state index in [-0.39, 0.29) is 5.56 Å². The Hall–Kier alpha value is -1.97.